The normalized spacial score (nSPS) is 10.9. The van der Waals surface area contributed by atoms with E-state index in [1.54, 1.807) is 22.8 Å². The summed E-state index contributed by atoms with van der Waals surface area (Å²) in [5, 5.41) is 4.59. The molecule has 4 aromatic heterocycles. The second-order valence-electron chi connectivity index (χ2n) is 5.90. The van der Waals surface area contributed by atoms with Crippen LogP contribution in [0.5, 0.6) is 0 Å². The lowest BCUT2D eigenvalue weighted by Crippen LogP contribution is -2.19. The Morgan fingerprint density at radius 1 is 1.23 bits per heavy atom. The zero-order valence-electron chi connectivity index (χ0n) is 14.4. The minimum absolute atomic E-state index is 0.157. The van der Waals surface area contributed by atoms with Gasteiger partial charge >= 0.3 is 0 Å². The van der Waals surface area contributed by atoms with Crippen LogP contribution in [0.1, 0.15) is 17.0 Å². The van der Waals surface area contributed by atoms with E-state index >= 15 is 0 Å². The Balaban J connectivity index is 2.07. The summed E-state index contributed by atoms with van der Waals surface area (Å²) >= 11 is 0. The van der Waals surface area contributed by atoms with Gasteiger partial charge in [-0.25, -0.2) is 9.50 Å². The predicted molar refractivity (Wildman–Crippen MR) is 98.8 cm³/mol. The Kier molecular flexibility index (Phi) is 3.75. The van der Waals surface area contributed by atoms with Crippen molar-refractivity contribution < 1.29 is 0 Å². The molecule has 2 N–H and O–H groups in total. The fourth-order valence-corrected chi connectivity index (χ4v) is 2.93. The van der Waals surface area contributed by atoms with Gasteiger partial charge in [0.2, 0.25) is 0 Å². The van der Waals surface area contributed by atoms with Crippen LogP contribution < -0.4 is 11.3 Å². The molecule has 0 aliphatic carbocycles. The highest BCUT2D eigenvalue weighted by Gasteiger charge is 2.16. The maximum absolute atomic E-state index is 12.9. The molecule has 0 aromatic carbocycles. The average Bonchev–Trinajstić information content (AvgIpc) is 3.05. The highest BCUT2D eigenvalue weighted by molar-refractivity contribution is 5.71. The van der Waals surface area contributed by atoms with E-state index in [0.717, 1.165) is 16.9 Å². The minimum Gasteiger partial charge on any atom is -0.320 e. The molecule has 0 radical (unpaired) electrons. The van der Waals surface area contributed by atoms with E-state index in [9.17, 15) is 4.79 Å². The van der Waals surface area contributed by atoms with Crippen LogP contribution in [0.4, 0.5) is 0 Å². The molecule has 0 unspecified atom stereocenters. The summed E-state index contributed by atoms with van der Waals surface area (Å²) in [6, 6.07) is 7.25. The third-order valence-electron chi connectivity index (χ3n) is 4.05. The van der Waals surface area contributed by atoms with E-state index in [2.05, 4.69) is 26.9 Å². The maximum atomic E-state index is 12.9. The number of fused-ring (bicyclic) bond motifs is 2. The fraction of sp³-hybridized carbons (Fsp3) is 0.158. The second kappa shape index (κ2) is 6.10. The van der Waals surface area contributed by atoms with E-state index in [0.29, 0.717) is 17.0 Å². The van der Waals surface area contributed by atoms with Crippen molar-refractivity contribution >= 4 is 11.2 Å². The fourth-order valence-electron chi connectivity index (χ4n) is 2.93. The van der Waals surface area contributed by atoms with Crippen LogP contribution in [-0.4, -0.2) is 30.5 Å². The smallest absolute Gasteiger partial charge is 0.274 e. The van der Waals surface area contributed by atoms with Crippen LogP contribution in [0.2, 0.25) is 0 Å². The maximum Gasteiger partial charge on any atom is 0.274 e. The number of aryl methyl sites for hydroxylation is 2. The molecule has 7 nitrogen and oxygen atoms in total. The lowest BCUT2D eigenvalue weighted by molar-refractivity contribution is 0.914. The number of nitrogens with two attached hydrogens (primary N) is 1. The Morgan fingerprint density at radius 3 is 2.88 bits per heavy atom. The van der Waals surface area contributed by atoms with Crippen molar-refractivity contribution in [1.29, 1.82) is 0 Å². The van der Waals surface area contributed by atoms with Crippen LogP contribution in [0.3, 0.4) is 0 Å². The first-order chi connectivity index (χ1) is 12.6. The van der Waals surface area contributed by atoms with Gasteiger partial charge in [-0.15, -0.1) is 0 Å². The van der Waals surface area contributed by atoms with E-state index in [-0.39, 0.29) is 17.7 Å². The molecule has 0 saturated heterocycles. The zero-order chi connectivity index (χ0) is 18.3. The molecule has 0 saturated carbocycles. The van der Waals surface area contributed by atoms with Gasteiger partial charge in [0.1, 0.15) is 22.6 Å². The highest BCUT2D eigenvalue weighted by Crippen LogP contribution is 2.22. The molecule has 0 atom stereocenters. The third-order valence-corrected chi connectivity index (χ3v) is 4.05. The molecule has 0 amide bonds. The molecule has 128 valence electrons. The van der Waals surface area contributed by atoms with Crippen molar-refractivity contribution in [2.75, 3.05) is 6.54 Å². The summed E-state index contributed by atoms with van der Waals surface area (Å²) in [4.78, 5) is 22.0. The quantitative estimate of drug-likeness (QED) is 0.526. The first kappa shape index (κ1) is 16.0. The van der Waals surface area contributed by atoms with E-state index in [1.807, 2.05) is 32.2 Å². The Bertz CT molecular complexity index is 1270. The van der Waals surface area contributed by atoms with Crippen molar-refractivity contribution in [2.24, 2.45) is 5.73 Å². The van der Waals surface area contributed by atoms with Gasteiger partial charge in [0.05, 0.1) is 29.6 Å². The van der Waals surface area contributed by atoms with Gasteiger partial charge in [-0.3, -0.25) is 14.2 Å². The van der Waals surface area contributed by atoms with Crippen LogP contribution in [0.25, 0.3) is 22.6 Å². The summed E-state index contributed by atoms with van der Waals surface area (Å²) in [7, 11) is 0. The largest absolute Gasteiger partial charge is 0.320 e. The van der Waals surface area contributed by atoms with Crippen LogP contribution in [0.15, 0.2) is 41.5 Å². The molecule has 4 heterocycles. The van der Waals surface area contributed by atoms with Gasteiger partial charge in [-0.05, 0) is 32.0 Å². The van der Waals surface area contributed by atoms with E-state index < -0.39 is 0 Å². The van der Waals surface area contributed by atoms with Gasteiger partial charge < -0.3 is 5.73 Å². The number of aromatic nitrogens is 5. The van der Waals surface area contributed by atoms with Crippen LogP contribution in [0, 0.1) is 25.7 Å². The third kappa shape index (κ3) is 2.53. The second-order valence-corrected chi connectivity index (χ2v) is 5.90. The monoisotopic (exact) mass is 344 g/mol. The summed E-state index contributed by atoms with van der Waals surface area (Å²) in [5.74, 6) is 5.62. The lowest BCUT2D eigenvalue weighted by Gasteiger charge is -2.04. The molecule has 0 fully saturated rings. The van der Waals surface area contributed by atoms with Crippen LogP contribution >= 0.6 is 0 Å². The molecule has 0 spiro atoms. The SMILES string of the molecule is Cc1cn2nc(-c3nc4ccccn4c(=O)c3C#CCN)cc2c(C)n1. The molecular formula is C19H16N6O. The van der Waals surface area contributed by atoms with Crippen molar-refractivity contribution in [3.05, 3.63) is 64.0 Å². The summed E-state index contributed by atoms with van der Waals surface area (Å²) in [5.41, 5.74) is 9.67. The van der Waals surface area contributed by atoms with E-state index in [1.165, 1.54) is 4.40 Å². The highest BCUT2D eigenvalue weighted by atomic mass is 16.1. The molecule has 0 aliphatic heterocycles. The number of pyridine rings is 1. The summed E-state index contributed by atoms with van der Waals surface area (Å²) in [6.45, 7) is 3.99. The number of hydrogen-bond acceptors (Lipinski definition) is 5. The number of rotatable bonds is 1. The Hall–Kier alpha value is -3.50. The van der Waals surface area contributed by atoms with Crippen molar-refractivity contribution in [3.63, 3.8) is 0 Å². The van der Waals surface area contributed by atoms with Gasteiger partial charge in [-0.2, -0.15) is 5.10 Å². The van der Waals surface area contributed by atoms with Gasteiger partial charge in [0.25, 0.3) is 5.56 Å². The van der Waals surface area contributed by atoms with E-state index in [4.69, 9.17) is 5.73 Å². The lowest BCUT2D eigenvalue weighted by atomic mass is 10.1. The molecule has 26 heavy (non-hydrogen) atoms. The topological polar surface area (TPSA) is 90.6 Å². The van der Waals surface area contributed by atoms with Crippen molar-refractivity contribution in [3.8, 4) is 23.2 Å². The molecule has 0 bridgehead atoms. The van der Waals surface area contributed by atoms with Gasteiger partial charge in [0, 0.05) is 6.20 Å². The summed E-state index contributed by atoms with van der Waals surface area (Å²) < 4.78 is 3.22. The van der Waals surface area contributed by atoms with Crippen molar-refractivity contribution in [1.82, 2.24) is 24.0 Å². The standard InChI is InChI=1S/C19H16N6O/c1-12-11-25-16(13(2)21-12)10-15(23-25)18-14(6-5-8-20)19(26)24-9-4-3-7-17(24)22-18/h3-4,7,9-11H,8,20H2,1-2H3. The number of hydrogen-bond donors (Lipinski definition) is 1. The zero-order valence-corrected chi connectivity index (χ0v) is 14.4. The first-order valence-electron chi connectivity index (χ1n) is 8.13. The number of nitrogens with zero attached hydrogens (tertiary/aromatic N) is 5. The van der Waals surface area contributed by atoms with Gasteiger partial charge in [-0.1, -0.05) is 17.9 Å². The molecule has 4 rings (SSSR count). The molecule has 4 aromatic rings. The predicted octanol–water partition coefficient (Wildman–Crippen LogP) is 1.33. The molecular weight excluding hydrogens is 328 g/mol. The Morgan fingerprint density at radius 2 is 2.08 bits per heavy atom. The average molecular weight is 344 g/mol. The minimum atomic E-state index is -0.241. The molecule has 0 aliphatic rings. The van der Waals surface area contributed by atoms with Crippen LogP contribution in [-0.2, 0) is 0 Å². The molecule has 7 heteroatoms. The summed E-state index contributed by atoms with van der Waals surface area (Å²) in [6.07, 6.45) is 3.51. The first-order valence-corrected chi connectivity index (χ1v) is 8.13. The van der Waals surface area contributed by atoms with Gasteiger partial charge in [0.15, 0.2) is 0 Å². The van der Waals surface area contributed by atoms with Crippen molar-refractivity contribution in [2.45, 2.75) is 13.8 Å². The Labute approximate surface area is 149 Å².